The van der Waals surface area contributed by atoms with Crippen molar-refractivity contribution < 1.29 is 5.11 Å². The highest BCUT2D eigenvalue weighted by atomic mass is 16.3. The molecule has 0 amide bonds. The van der Waals surface area contributed by atoms with Gasteiger partial charge in [0.1, 0.15) is 0 Å². The van der Waals surface area contributed by atoms with Gasteiger partial charge in [-0.25, -0.2) is 0 Å². The molecule has 0 aromatic carbocycles. The molecule has 2 saturated heterocycles. The lowest BCUT2D eigenvalue weighted by Gasteiger charge is -2.29. The van der Waals surface area contributed by atoms with Gasteiger partial charge in [0, 0.05) is 45.8 Å². The van der Waals surface area contributed by atoms with E-state index in [2.05, 4.69) is 42.8 Å². The number of hydrogen-bond acceptors (Lipinski definition) is 4. The molecule has 2 fully saturated rings. The van der Waals surface area contributed by atoms with Crippen LogP contribution in [0.2, 0.25) is 0 Å². The second kappa shape index (κ2) is 17.2. The Morgan fingerprint density at radius 2 is 1.50 bits per heavy atom. The van der Waals surface area contributed by atoms with Gasteiger partial charge in [-0.1, -0.05) is 48.0 Å². The van der Waals surface area contributed by atoms with E-state index in [1.165, 1.54) is 52.0 Å². The Kier molecular flexibility index (Phi) is 18.8. The number of β-amino-alcohol motifs (C(OH)–C–C–N with tert-alkyl or cyclic N) is 1. The van der Waals surface area contributed by atoms with Crippen molar-refractivity contribution in [2.75, 3.05) is 59.0 Å². The van der Waals surface area contributed by atoms with Crippen molar-refractivity contribution in [2.24, 2.45) is 5.92 Å². The van der Waals surface area contributed by atoms with Crippen molar-refractivity contribution in [2.45, 2.75) is 54.4 Å². The molecule has 22 heavy (non-hydrogen) atoms. The lowest BCUT2D eigenvalue weighted by atomic mass is 10.1. The molecule has 0 aromatic rings. The van der Waals surface area contributed by atoms with Crippen molar-refractivity contribution in [3.8, 4) is 0 Å². The van der Waals surface area contributed by atoms with Gasteiger partial charge in [0.2, 0.25) is 0 Å². The largest absolute Gasteiger partial charge is 0.395 e. The topological polar surface area (TPSA) is 38.7 Å². The standard InChI is InChI=1S/C11H23N3O.2C3H8.CH4/c15-8-7-13-4-1-11(9-13)10-14-5-2-12-3-6-14;2*1-3-2;/h11-12,15H,1-10H2;2*3H2,1-2H3;1H4/t11-;;;/m1.../s1. The normalized spacial score (nSPS) is 22.0. The van der Waals surface area contributed by atoms with Gasteiger partial charge in [0.15, 0.2) is 0 Å². The number of likely N-dealkylation sites (tertiary alicyclic amines) is 1. The lowest BCUT2D eigenvalue weighted by Crippen LogP contribution is -2.45. The fraction of sp³-hybridized carbons (Fsp3) is 1.00. The molecule has 1 atom stereocenters. The summed E-state index contributed by atoms with van der Waals surface area (Å²) in [6, 6.07) is 0. The molecular weight excluding hydrogens is 274 g/mol. The van der Waals surface area contributed by atoms with Gasteiger partial charge in [-0.2, -0.15) is 0 Å². The van der Waals surface area contributed by atoms with Gasteiger partial charge in [-0.05, 0) is 18.9 Å². The average molecular weight is 318 g/mol. The average Bonchev–Trinajstić information content (AvgIpc) is 2.89. The van der Waals surface area contributed by atoms with E-state index in [1.54, 1.807) is 0 Å². The summed E-state index contributed by atoms with van der Waals surface area (Å²) in [4.78, 5) is 4.95. The molecule has 4 nitrogen and oxygen atoms in total. The first-order valence-electron chi connectivity index (χ1n) is 8.97. The summed E-state index contributed by atoms with van der Waals surface area (Å²) in [7, 11) is 0. The van der Waals surface area contributed by atoms with E-state index in [0.29, 0.717) is 6.61 Å². The molecule has 4 heteroatoms. The number of hydrogen-bond donors (Lipinski definition) is 2. The Balaban J connectivity index is 0. The molecule has 2 N–H and O–H groups in total. The van der Waals surface area contributed by atoms with Crippen LogP contribution in [0.25, 0.3) is 0 Å². The number of aliphatic hydroxyl groups excluding tert-OH is 1. The summed E-state index contributed by atoms with van der Waals surface area (Å²) in [5.74, 6) is 0.828. The van der Waals surface area contributed by atoms with Crippen molar-refractivity contribution in [3.63, 3.8) is 0 Å². The van der Waals surface area contributed by atoms with Crippen LogP contribution in [-0.2, 0) is 0 Å². The molecular formula is C18H43N3O. The van der Waals surface area contributed by atoms with E-state index in [-0.39, 0.29) is 7.43 Å². The predicted molar refractivity (Wildman–Crippen MR) is 99.6 cm³/mol. The first-order valence-corrected chi connectivity index (χ1v) is 8.97. The molecule has 2 rings (SSSR count). The minimum Gasteiger partial charge on any atom is -0.395 e. The van der Waals surface area contributed by atoms with Crippen LogP contribution in [0.5, 0.6) is 0 Å². The summed E-state index contributed by atoms with van der Waals surface area (Å²) < 4.78 is 0. The molecule has 0 aromatic heterocycles. The van der Waals surface area contributed by atoms with Gasteiger partial charge in [0.05, 0.1) is 6.61 Å². The zero-order valence-electron chi connectivity index (χ0n) is 14.9. The third-order valence-electron chi connectivity index (χ3n) is 3.51. The maximum Gasteiger partial charge on any atom is 0.0558 e. The minimum atomic E-state index is 0. The summed E-state index contributed by atoms with van der Waals surface area (Å²) in [6.07, 6.45) is 3.81. The third kappa shape index (κ3) is 12.4. The molecule has 2 aliphatic rings. The number of aliphatic hydroxyl groups is 1. The first kappa shape index (κ1) is 24.1. The highest BCUT2D eigenvalue weighted by molar-refractivity contribution is 4.79. The minimum absolute atomic E-state index is 0. The van der Waals surface area contributed by atoms with Crippen LogP contribution in [0.4, 0.5) is 0 Å². The maximum absolute atomic E-state index is 8.87. The number of rotatable bonds is 4. The zero-order valence-corrected chi connectivity index (χ0v) is 14.9. The second-order valence-corrected chi connectivity index (χ2v) is 6.14. The molecule has 0 saturated carbocycles. The molecule has 0 spiro atoms. The van der Waals surface area contributed by atoms with Crippen LogP contribution in [0.3, 0.4) is 0 Å². The fourth-order valence-corrected chi connectivity index (χ4v) is 2.67. The maximum atomic E-state index is 8.87. The van der Waals surface area contributed by atoms with Crippen LogP contribution >= 0.6 is 0 Å². The molecule has 0 radical (unpaired) electrons. The zero-order chi connectivity index (χ0) is 15.9. The van der Waals surface area contributed by atoms with Crippen LogP contribution in [-0.4, -0.2) is 73.9 Å². The van der Waals surface area contributed by atoms with Crippen LogP contribution in [0.1, 0.15) is 54.4 Å². The third-order valence-corrected chi connectivity index (χ3v) is 3.51. The van der Waals surface area contributed by atoms with Crippen molar-refractivity contribution in [1.29, 1.82) is 0 Å². The number of piperazine rings is 1. The Hall–Kier alpha value is -0.160. The van der Waals surface area contributed by atoms with Crippen molar-refractivity contribution in [1.82, 2.24) is 15.1 Å². The van der Waals surface area contributed by atoms with E-state index in [1.807, 2.05) is 0 Å². The Morgan fingerprint density at radius 1 is 0.955 bits per heavy atom. The van der Waals surface area contributed by atoms with Crippen LogP contribution in [0.15, 0.2) is 0 Å². The Labute approximate surface area is 140 Å². The van der Waals surface area contributed by atoms with E-state index >= 15 is 0 Å². The quantitative estimate of drug-likeness (QED) is 0.836. The molecule has 136 valence electrons. The van der Waals surface area contributed by atoms with Crippen LogP contribution < -0.4 is 5.32 Å². The molecule has 0 aliphatic carbocycles. The van der Waals surface area contributed by atoms with E-state index in [4.69, 9.17) is 5.11 Å². The SMILES string of the molecule is C.CCC.CCC.OCCN1CC[C@@H](CN2CCNCC2)C1. The summed E-state index contributed by atoms with van der Waals surface area (Å²) in [5.41, 5.74) is 0. The van der Waals surface area contributed by atoms with Gasteiger partial charge in [-0.3, -0.25) is 0 Å². The summed E-state index contributed by atoms with van der Waals surface area (Å²) in [6.45, 7) is 18.0. The van der Waals surface area contributed by atoms with E-state index in [0.717, 1.165) is 25.6 Å². The molecule has 0 unspecified atom stereocenters. The van der Waals surface area contributed by atoms with Crippen LogP contribution in [0, 0.1) is 5.92 Å². The predicted octanol–water partition coefficient (Wildman–Crippen LogP) is 2.67. The highest BCUT2D eigenvalue weighted by Gasteiger charge is 2.24. The van der Waals surface area contributed by atoms with E-state index < -0.39 is 0 Å². The van der Waals surface area contributed by atoms with E-state index in [9.17, 15) is 0 Å². The number of nitrogens with one attached hydrogen (secondary N) is 1. The highest BCUT2D eigenvalue weighted by Crippen LogP contribution is 2.17. The monoisotopic (exact) mass is 317 g/mol. The van der Waals surface area contributed by atoms with Gasteiger partial charge in [0.25, 0.3) is 0 Å². The number of nitrogens with zero attached hydrogens (tertiary/aromatic N) is 2. The van der Waals surface area contributed by atoms with Gasteiger partial charge < -0.3 is 20.2 Å². The summed E-state index contributed by atoms with van der Waals surface area (Å²) >= 11 is 0. The molecule has 2 heterocycles. The first-order chi connectivity index (χ1) is 10.2. The Bertz CT molecular complexity index is 207. The van der Waals surface area contributed by atoms with Crippen molar-refractivity contribution in [3.05, 3.63) is 0 Å². The Morgan fingerprint density at radius 3 is 2.00 bits per heavy atom. The smallest absolute Gasteiger partial charge is 0.0558 e. The lowest BCUT2D eigenvalue weighted by molar-refractivity contribution is 0.191. The van der Waals surface area contributed by atoms with Gasteiger partial charge in [-0.15, -0.1) is 0 Å². The fourth-order valence-electron chi connectivity index (χ4n) is 2.67. The molecule has 0 bridgehead atoms. The van der Waals surface area contributed by atoms with Crippen molar-refractivity contribution >= 4 is 0 Å². The second-order valence-electron chi connectivity index (χ2n) is 6.14. The summed E-state index contributed by atoms with van der Waals surface area (Å²) in [5, 5.41) is 12.3. The van der Waals surface area contributed by atoms with Gasteiger partial charge >= 0.3 is 0 Å². The molecule has 2 aliphatic heterocycles.